The van der Waals surface area contributed by atoms with Crippen molar-refractivity contribution in [3.05, 3.63) is 41.2 Å². The molecule has 21 heavy (non-hydrogen) atoms. The fourth-order valence-corrected chi connectivity index (χ4v) is 2.38. The van der Waals surface area contributed by atoms with Gasteiger partial charge in [-0.2, -0.15) is 0 Å². The number of hydrogen-bond donors (Lipinski definition) is 3. The summed E-state index contributed by atoms with van der Waals surface area (Å²) in [6, 6.07) is 6.10. The van der Waals surface area contributed by atoms with Crippen LogP contribution in [0, 0.1) is 17.7 Å². The van der Waals surface area contributed by atoms with E-state index in [0.717, 1.165) is 5.56 Å². The maximum atomic E-state index is 13.5. The lowest BCUT2D eigenvalue weighted by atomic mass is 10.1. The second kappa shape index (κ2) is 6.92. The molecule has 0 aliphatic heterocycles. The number of nitrogen functional groups attached to an aromatic ring is 2. The van der Waals surface area contributed by atoms with Gasteiger partial charge >= 0.3 is 0 Å². The normalized spacial score (nSPS) is 10.0. The number of hydrogen-bond acceptors (Lipinski definition) is 6. The van der Waals surface area contributed by atoms with E-state index < -0.39 is 5.82 Å². The molecule has 0 saturated carbocycles. The van der Waals surface area contributed by atoms with Crippen LogP contribution < -0.4 is 11.5 Å². The first-order valence-electron chi connectivity index (χ1n) is 5.99. The number of nitrogens with zero attached hydrogens (tertiary/aromatic N) is 2. The molecule has 0 amide bonds. The highest BCUT2D eigenvalue weighted by molar-refractivity contribution is 7.98. The standard InChI is InChI=1S/C14H13FN4OS/c15-11-4-3-9(6-10(11)2-1-5-20)8-21-14-18-12(16)7-13(17)19-14/h3-4,6-7,20H,5,8H2,(H4,16,17,18,19). The van der Waals surface area contributed by atoms with Crippen molar-refractivity contribution in [1.82, 2.24) is 9.97 Å². The van der Waals surface area contributed by atoms with Crippen molar-refractivity contribution < 1.29 is 9.50 Å². The molecule has 0 aliphatic rings. The molecule has 0 atom stereocenters. The minimum Gasteiger partial charge on any atom is -0.384 e. The van der Waals surface area contributed by atoms with Crippen LogP contribution in [0.5, 0.6) is 0 Å². The molecule has 0 radical (unpaired) electrons. The molecule has 1 aromatic heterocycles. The summed E-state index contributed by atoms with van der Waals surface area (Å²) in [6.45, 7) is -0.311. The molecule has 0 bridgehead atoms. The lowest BCUT2D eigenvalue weighted by molar-refractivity contribution is 0.350. The minimum absolute atomic E-state index is 0.246. The Kier molecular flexibility index (Phi) is 4.98. The Morgan fingerprint density at radius 2 is 1.90 bits per heavy atom. The number of nitrogens with two attached hydrogens (primary N) is 2. The Hall–Kier alpha value is -2.30. The molecule has 0 unspecified atom stereocenters. The van der Waals surface area contributed by atoms with Crippen molar-refractivity contribution in [3.63, 3.8) is 0 Å². The summed E-state index contributed by atoms with van der Waals surface area (Å²) in [7, 11) is 0. The number of halogens is 1. The van der Waals surface area contributed by atoms with Crippen LogP contribution in [0.2, 0.25) is 0 Å². The van der Waals surface area contributed by atoms with Gasteiger partial charge in [-0.1, -0.05) is 29.7 Å². The predicted molar refractivity (Wildman–Crippen MR) is 80.8 cm³/mol. The van der Waals surface area contributed by atoms with Crippen LogP contribution in [0.1, 0.15) is 11.1 Å². The van der Waals surface area contributed by atoms with Crippen molar-refractivity contribution in [2.45, 2.75) is 10.9 Å². The van der Waals surface area contributed by atoms with E-state index in [1.54, 1.807) is 12.1 Å². The summed E-state index contributed by atoms with van der Waals surface area (Å²) < 4.78 is 13.5. The van der Waals surface area contributed by atoms with Crippen LogP contribution in [0.4, 0.5) is 16.0 Å². The van der Waals surface area contributed by atoms with Crippen LogP contribution >= 0.6 is 11.8 Å². The van der Waals surface area contributed by atoms with Gasteiger partial charge in [0, 0.05) is 11.8 Å². The highest BCUT2D eigenvalue weighted by Gasteiger charge is 2.05. The number of anilines is 2. The van der Waals surface area contributed by atoms with Crippen LogP contribution in [-0.4, -0.2) is 21.7 Å². The fourth-order valence-electron chi connectivity index (χ4n) is 1.57. The minimum atomic E-state index is -0.422. The lowest BCUT2D eigenvalue weighted by Gasteiger charge is -2.04. The third kappa shape index (κ3) is 4.34. The zero-order valence-electron chi connectivity index (χ0n) is 11.0. The third-order valence-corrected chi connectivity index (χ3v) is 3.36. The maximum absolute atomic E-state index is 13.5. The van der Waals surface area contributed by atoms with E-state index >= 15 is 0 Å². The molecule has 5 nitrogen and oxygen atoms in total. The first-order valence-corrected chi connectivity index (χ1v) is 6.98. The number of aliphatic hydroxyl groups is 1. The van der Waals surface area contributed by atoms with E-state index in [-0.39, 0.29) is 12.2 Å². The second-order valence-corrected chi connectivity index (χ2v) is 5.01. The molecule has 5 N–H and O–H groups in total. The van der Waals surface area contributed by atoms with Crippen molar-refractivity contribution in [2.24, 2.45) is 0 Å². The Labute approximate surface area is 125 Å². The first kappa shape index (κ1) is 15.1. The zero-order valence-corrected chi connectivity index (χ0v) is 11.8. The quantitative estimate of drug-likeness (QED) is 0.451. The first-order chi connectivity index (χ1) is 10.1. The van der Waals surface area contributed by atoms with Gasteiger partial charge in [0.1, 0.15) is 24.1 Å². The van der Waals surface area contributed by atoms with Gasteiger partial charge in [0.15, 0.2) is 5.16 Å². The van der Waals surface area contributed by atoms with E-state index in [9.17, 15) is 4.39 Å². The molecule has 0 aliphatic carbocycles. The summed E-state index contributed by atoms with van der Waals surface area (Å²) in [5, 5.41) is 9.11. The van der Waals surface area contributed by atoms with Crippen LogP contribution in [0.25, 0.3) is 0 Å². The summed E-state index contributed by atoms with van der Waals surface area (Å²) >= 11 is 1.34. The molecular formula is C14H13FN4OS. The van der Waals surface area contributed by atoms with Gasteiger partial charge in [-0.3, -0.25) is 0 Å². The molecule has 1 heterocycles. The highest BCUT2D eigenvalue weighted by Crippen LogP contribution is 2.22. The SMILES string of the molecule is Nc1cc(N)nc(SCc2ccc(F)c(C#CCO)c2)n1. The van der Waals surface area contributed by atoms with Crippen LogP contribution in [0.15, 0.2) is 29.4 Å². The molecular weight excluding hydrogens is 291 g/mol. The third-order valence-electron chi connectivity index (χ3n) is 2.45. The summed E-state index contributed by atoms with van der Waals surface area (Å²) in [4.78, 5) is 8.11. The number of aliphatic hydroxyl groups excluding tert-OH is 1. The lowest BCUT2D eigenvalue weighted by Crippen LogP contribution is -1.99. The Morgan fingerprint density at radius 3 is 2.57 bits per heavy atom. The largest absolute Gasteiger partial charge is 0.384 e. The van der Waals surface area contributed by atoms with Crippen LogP contribution in [-0.2, 0) is 5.75 Å². The summed E-state index contributed by atoms with van der Waals surface area (Å²) in [6.07, 6.45) is 0. The number of benzene rings is 1. The van der Waals surface area contributed by atoms with Gasteiger partial charge in [0.2, 0.25) is 0 Å². The Morgan fingerprint density at radius 1 is 1.19 bits per heavy atom. The molecule has 0 fully saturated rings. The van der Waals surface area contributed by atoms with E-state index in [1.165, 1.54) is 23.9 Å². The Bertz CT molecular complexity index is 692. The number of aromatic nitrogens is 2. The van der Waals surface area contributed by atoms with E-state index in [1.807, 2.05) is 0 Å². The van der Waals surface area contributed by atoms with Crippen molar-refractivity contribution in [3.8, 4) is 11.8 Å². The van der Waals surface area contributed by atoms with Crippen molar-refractivity contribution >= 4 is 23.4 Å². The number of thioether (sulfide) groups is 1. The smallest absolute Gasteiger partial charge is 0.191 e. The molecule has 1 aromatic carbocycles. The van der Waals surface area contributed by atoms with Crippen molar-refractivity contribution in [1.29, 1.82) is 0 Å². The molecule has 7 heteroatoms. The van der Waals surface area contributed by atoms with Gasteiger partial charge in [-0.25, -0.2) is 14.4 Å². The van der Waals surface area contributed by atoms with Gasteiger partial charge in [-0.15, -0.1) is 0 Å². The maximum Gasteiger partial charge on any atom is 0.191 e. The van der Waals surface area contributed by atoms with E-state index in [2.05, 4.69) is 21.8 Å². The van der Waals surface area contributed by atoms with Crippen molar-refractivity contribution in [2.75, 3.05) is 18.1 Å². The van der Waals surface area contributed by atoms with Gasteiger partial charge in [0.25, 0.3) is 0 Å². The molecule has 2 aromatic rings. The van der Waals surface area contributed by atoms with Crippen LogP contribution in [0.3, 0.4) is 0 Å². The average Bonchev–Trinajstić information content (AvgIpc) is 2.44. The van der Waals surface area contributed by atoms with Gasteiger partial charge < -0.3 is 16.6 Å². The zero-order chi connectivity index (χ0) is 15.2. The highest BCUT2D eigenvalue weighted by atomic mass is 32.2. The predicted octanol–water partition coefficient (Wildman–Crippen LogP) is 1.42. The van der Waals surface area contributed by atoms with Gasteiger partial charge in [-0.05, 0) is 17.7 Å². The Balaban J connectivity index is 2.13. The van der Waals surface area contributed by atoms with E-state index in [0.29, 0.717) is 22.5 Å². The molecule has 0 spiro atoms. The molecule has 108 valence electrons. The monoisotopic (exact) mass is 304 g/mol. The number of rotatable bonds is 3. The molecule has 2 rings (SSSR count). The summed E-state index contributed by atoms with van der Waals surface area (Å²) in [5.74, 6) is 5.70. The second-order valence-electron chi connectivity index (χ2n) is 4.06. The van der Waals surface area contributed by atoms with Gasteiger partial charge in [0.05, 0.1) is 5.56 Å². The average molecular weight is 304 g/mol. The summed E-state index contributed by atoms with van der Waals surface area (Å²) in [5.41, 5.74) is 12.3. The molecule has 0 saturated heterocycles. The van der Waals surface area contributed by atoms with E-state index in [4.69, 9.17) is 16.6 Å². The fraction of sp³-hybridized carbons (Fsp3) is 0.143. The topological polar surface area (TPSA) is 98.1 Å².